The minimum atomic E-state index is -4.22. The SMILES string of the molecule is Cl.NCC1CCN(CCOCC(F)(F)F)CC1. The van der Waals surface area contributed by atoms with Gasteiger partial charge in [0.1, 0.15) is 6.61 Å². The van der Waals surface area contributed by atoms with Gasteiger partial charge in [-0.25, -0.2) is 0 Å². The molecule has 0 amide bonds. The minimum absolute atomic E-state index is 0. The van der Waals surface area contributed by atoms with Crippen molar-refractivity contribution in [1.29, 1.82) is 0 Å². The molecule has 0 aromatic heterocycles. The molecule has 1 rings (SSSR count). The second kappa shape index (κ2) is 8.13. The van der Waals surface area contributed by atoms with E-state index >= 15 is 0 Å². The molecule has 0 atom stereocenters. The van der Waals surface area contributed by atoms with Crippen molar-refractivity contribution in [1.82, 2.24) is 4.90 Å². The number of ether oxygens (including phenoxy) is 1. The number of halogens is 4. The zero-order valence-electron chi connectivity index (χ0n) is 9.71. The first kappa shape index (κ1) is 17.0. The van der Waals surface area contributed by atoms with Crippen molar-refractivity contribution in [3.8, 4) is 0 Å². The van der Waals surface area contributed by atoms with Gasteiger partial charge >= 0.3 is 6.18 Å². The van der Waals surface area contributed by atoms with Crippen molar-refractivity contribution >= 4 is 12.4 Å². The number of rotatable bonds is 5. The molecule has 2 N–H and O–H groups in total. The summed E-state index contributed by atoms with van der Waals surface area (Å²) in [7, 11) is 0. The molecule has 17 heavy (non-hydrogen) atoms. The number of hydrogen-bond donors (Lipinski definition) is 1. The molecule has 3 nitrogen and oxygen atoms in total. The van der Waals surface area contributed by atoms with E-state index in [0.717, 1.165) is 25.9 Å². The van der Waals surface area contributed by atoms with Gasteiger partial charge in [0.15, 0.2) is 0 Å². The van der Waals surface area contributed by atoms with Crippen LogP contribution in [0.5, 0.6) is 0 Å². The van der Waals surface area contributed by atoms with E-state index in [9.17, 15) is 13.2 Å². The number of nitrogens with zero attached hydrogens (tertiary/aromatic N) is 1. The van der Waals surface area contributed by atoms with E-state index in [2.05, 4.69) is 9.64 Å². The lowest BCUT2D eigenvalue weighted by molar-refractivity contribution is -0.174. The molecule has 1 aliphatic rings. The molecular formula is C10H20ClF3N2O. The smallest absolute Gasteiger partial charge is 0.371 e. The molecule has 0 unspecified atom stereocenters. The second-order valence-electron chi connectivity index (χ2n) is 4.19. The molecular weight excluding hydrogens is 257 g/mol. The lowest BCUT2D eigenvalue weighted by atomic mass is 9.97. The van der Waals surface area contributed by atoms with Gasteiger partial charge in [-0.1, -0.05) is 0 Å². The maximum Gasteiger partial charge on any atom is 0.411 e. The lowest BCUT2D eigenvalue weighted by Crippen LogP contribution is -2.38. The zero-order chi connectivity index (χ0) is 12.0. The van der Waals surface area contributed by atoms with Gasteiger partial charge in [-0.15, -0.1) is 12.4 Å². The highest BCUT2D eigenvalue weighted by molar-refractivity contribution is 5.85. The fourth-order valence-corrected chi connectivity index (χ4v) is 1.83. The molecule has 0 aliphatic carbocycles. The Morgan fingerprint density at radius 1 is 1.24 bits per heavy atom. The average molecular weight is 277 g/mol. The molecule has 0 aromatic rings. The highest BCUT2D eigenvalue weighted by Gasteiger charge is 2.27. The standard InChI is InChI=1S/C10H19F3N2O.ClH/c11-10(12,13)8-16-6-5-15-3-1-9(7-14)2-4-15;/h9H,1-8,14H2;1H. The van der Waals surface area contributed by atoms with Gasteiger partial charge < -0.3 is 15.4 Å². The van der Waals surface area contributed by atoms with Crippen LogP contribution in [0.2, 0.25) is 0 Å². The van der Waals surface area contributed by atoms with Crippen molar-refractivity contribution in [3.05, 3.63) is 0 Å². The summed E-state index contributed by atoms with van der Waals surface area (Å²) in [6.07, 6.45) is -2.14. The average Bonchev–Trinajstić information content (AvgIpc) is 2.24. The predicted octanol–water partition coefficient (Wildman–Crippen LogP) is 1.66. The van der Waals surface area contributed by atoms with Gasteiger partial charge in [-0.2, -0.15) is 13.2 Å². The second-order valence-corrected chi connectivity index (χ2v) is 4.19. The maximum absolute atomic E-state index is 11.8. The van der Waals surface area contributed by atoms with Gasteiger partial charge in [0, 0.05) is 6.54 Å². The largest absolute Gasteiger partial charge is 0.411 e. The van der Waals surface area contributed by atoms with E-state index < -0.39 is 12.8 Å². The molecule has 0 spiro atoms. The molecule has 0 aromatic carbocycles. The van der Waals surface area contributed by atoms with Crippen LogP contribution in [0.15, 0.2) is 0 Å². The van der Waals surface area contributed by atoms with E-state index in [-0.39, 0.29) is 19.0 Å². The first-order valence-corrected chi connectivity index (χ1v) is 5.58. The fourth-order valence-electron chi connectivity index (χ4n) is 1.83. The summed E-state index contributed by atoms with van der Waals surface area (Å²) < 4.78 is 39.9. The van der Waals surface area contributed by atoms with Crippen LogP contribution in [0.4, 0.5) is 13.2 Å². The molecule has 0 radical (unpaired) electrons. The third kappa shape index (κ3) is 7.81. The van der Waals surface area contributed by atoms with Crippen LogP contribution in [0.3, 0.4) is 0 Å². The van der Waals surface area contributed by atoms with Crippen molar-refractivity contribution in [2.24, 2.45) is 11.7 Å². The van der Waals surface area contributed by atoms with Crippen LogP contribution < -0.4 is 5.73 Å². The fraction of sp³-hybridized carbons (Fsp3) is 1.00. The molecule has 1 heterocycles. The van der Waals surface area contributed by atoms with Crippen LogP contribution in [-0.4, -0.2) is 50.5 Å². The maximum atomic E-state index is 11.8. The highest BCUT2D eigenvalue weighted by Crippen LogP contribution is 2.16. The van der Waals surface area contributed by atoms with Crippen molar-refractivity contribution in [3.63, 3.8) is 0 Å². The lowest BCUT2D eigenvalue weighted by Gasteiger charge is -2.31. The van der Waals surface area contributed by atoms with Crippen LogP contribution in [0.25, 0.3) is 0 Å². The predicted molar refractivity (Wildman–Crippen MR) is 62.3 cm³/mol. The third-order valence-corrected chi connectivity index (χ3v) is 2.86. The van der Waals surface area contributed by atoms with Gasteiger partial charge in [0.2, 0.25) is 0 Å². The highest BCUT2D eigenvalue weighted by atomic mass is 35.5. The molecule has 1 aliphatic heterocycles. The quantitative estimate of drug-likeness (QED) is 0.776. The first-order chi connectivity index (χ1) is 7.51. The number of likely N-dealkylation sites (tertiary alicyclic amines) is 1. The van der Waals surface area contributed by atoms with Gasteiger partial charge in [0.05, 0.1) is 6.61 Å². The van der Waals surface area contributed by atoms with Gasteiger partial charge in [0.25, 0.3) is 0 Å². The molecule has 1 saturated heterocycles. The normalized spacial score (nSPS) is 19.1. The van der Waals surface area contributed by atoms with Gasteiger partial charge in [-0.05, 0) is 38.4 Å². The summed E-state index contributed by atoms with van der Waals surface area (Å²) in [6, 6.07) is 0. The number of hydrogen-bond acceptors (Lipinski definition) is 3. The zero-order valence-corrected chi connectivity index (χ0v) is 10.5. The third-order valence-electron chi connectivity index (χ3n) is 2.86. The van der Waals surface area contributed by atoms with Crippen LogP contribution >= 0.6 is 12.4 Å². The Hall–Kier alpha value is -0.0400. The molecule has 7 heteroatoms. The molecule has 0 saturated carbocycles. The Kier molecular flexibility index (Phi) is 8.11. The summed E-state index contributed by atoms with van der Waals surface area (Å²) in [6.45, 7) is 2.11. The van der Waals surface area contributed by atoms with E-state index in [4.69, 9.17) is 5.73 Å². The van der Waals surface area contributed by atoms with E-state index in [1.807, 2.05) is 0 Å². The summed E-state index contributed by atoms with van der Waals surface area (Å²) in [5.74, 6) is 0.576. The van der Waals surface area contributed by atoms with E-state index in [0.29, 0.717) is 19.0 Å². The summed E-state index contributed by atoms with van der Waals surface area (Å²) in [5.41, 5.74) is 5.55. The molecule has 104 valence electrons. The number of nitrogens with two attached hydrogens (primary N) is 1. The Morgan fingerprint density at radius 2 is 1.82 bits per heavy atom. The first-order valence-electron chi connectivity index (χ1n) is 5.58. The minimum Gasteiger partial charge on any atom is -0.371 e. The van der Waals surface area contributed by atoms with Gasteiger partial charge in [-0.3, -0.25) is 0 Å². The topological polar surface area (TPSA) is 38.5 Å². The number of alkyl halides is 3. The summed E-state index contributed by atoms with van der Waals surface area (Å²) >= 11 is 0. The Balaban J connectivity index is 0.00000256. The van der Waals surface area contributed by atoms with Crippen molar-refractivity contribution in [2.45, 2.75) is 19.0 Å². The summed E-state index contributed by atoms with van der Waals surface area (Å²) in [5, 5.41) is 0. The van der Waals surface area contributed by atoms with Crippen molar-refractivity contribution < 1.29 is 17.9 Å². The Bertz CT molecular complexity index is 196. The monoisotopic (exact) mass is 276 g/mol. The van der Waals surface area contributed by atoms with E-state index in [1.165, 1.54) is 0 Å². The van der Waals surface area contributed by atoms with Crippen LogP contribution in [0.1, 0.15) is 12.8 Å². The Morgan fingerprint density at radius 3 is 2.29 bits per heavy atom. The van der Waals surface area contributed by atoms with Crippen LogP contribution in [0, 0.1) is 5.92 Å². The number of piperidine rings is 1. The molecule has 0 bridgehead atoms. The Labute approximate surface area is 106 Å². The molecule has 1 fully saturated rings. The van der Waals surface area contributed by atoms with Crippen molar-refractivity contribution in [2.75, 3.05) is 39.4 Å². The van der Waals surface area contributed by atoms with E-state index in [1.54, 1.807) is 0 Å². The summed E-state index contributed by atoms with van der Waals surface area (Å²) in [4.78, 5) is 2.13. The van der Waals surface area contributed by atoms with Crippen LogP contribution in [-0.2, 0) is 4.74 Å².